The van der Waals surface area contributed by atoms with Crippen molar-refractivity contribution >= 4 is 17.4 Å². The first-order valence-electron chi connectivity index (χ1n) is 6.83. The number of pyridine rings is 1. The van der Waals surface area contributed by atoms with E-state index in [9.17, 15) is 0 Å². The van der Waals surface area contributed by atoms with Crippen LogP contribution in [0.2, 0.25) is 5.02 Å². The van der Waals surface area contributed by atoms with Gasteiger partial charge in [0.2, 0.25) is 0 Å². The maximum atomic E-state index is 9.01. The van der Waals surface area contributed by atoms with Gasteiger partial charge in [-0.05, 0) is 25.0 Å². The van der Waals surface area contributed by atoms with Crippen LogP contribution >= 0.6 is 11.6 Å². The molecule has 0 aromatic carbocycles. The molecule has 0 amide bonds. The van der Waals surface area contributed by atoms with Gasteiger partial charge < -0.3 is 14.4 Å². The number of nitrogens with zero attached hydrogens (tertiary/aromatic N) is 3. The number of rotatable bonds is 2. The number of ether oxygens (including phenoxy) is 2. The predicted molar refractivity (Wildman–Crippen MR) is 74.6 cm³/mol. The minimum atomic E-state index is -0.0967. The molecule has 0 radical (unpaired) electrons. The first-order chi connectivity index (χ1) is 9.78. The SMILES string of the molecule is N#Cc1nc(N2CCC[C@@H](C3OCCO3)C2)ccc1Cl. The molecule has 2 fully saturated rings. The van der Waals surface area contributed by atoms with Crippen LogP contribution in [0, 0.1) is 17.2 Å². The van der Waals surface area contributed by atoms with Gasteiger partial charge in [0.05, 0.1) is 18.2 Å². The van der Waals surface area contributed by atoms with Crippen LogP contribution < -0.4 is 4.90 Å². The second-order valence-electron chi connectivity index (χ2n) is 5.07. The Bertz CT molecular complexity index is 526. The van der Waals surface area contributed by atoms with E-state index in [4.69, 9.17) is 26.3 Å². The van der Waals surface area contributed by atoms with E-state index in [1.54, 1.807) is 6.07 Å². The lowest BCUT2D eigenvalue weighted by molar-refractivity contribution is -0.0859. The Morgan fingerprint density at radius 3 is 2.90 bits per heavy atom. The average Bonchev–Trinajstić information content (AvgIpc) is 3.02. The summed E-state index contributed by atoms with van der Waals surface area (Å²) >= 11 is 5.92. The maximum absolute atomic E-state index is 9.01. The Morgan fingerprint density at radius 1 is 1.35 bits per heavy atom. The van der Waals surface area contributed by atoms with E-state index in [2.05, 4.69) is 9.88 Å². The lowest BCUT2D eigenvalue weighted by Gasteiger charge is -2.35. The fourth-order valence-electron chi connectivity index (χ4n) is 2.78. The Labute approximate surface area is 123 Å². The molecule has 0 bridgehead atoms. The molecule has 0 aliphatic carbocycles. The largest absolute Gasteiger partial charge is 0.356 e. The number of nitriles is 1. The highest BCUT2D eigenvalue weighted by Gasteiger charge is 2.31. The molecule has 2 aliphatic rings. The highest BCUT2D eigenvalue weighted by Crippen LogP contribution is 2.28. The summed E-state index contributed by atoms with van der Waals surface area (Å²) in [6.07, 6.45) is 2.07. The summed E-state index contributed by atoms with van der Waals surface area (Å²) in [7, 11) is 0. The van der Waals surface area contributed by atoms with Gasteiger partial charge in [0.15, 0.2) is 12.0 Å². The monoisotopic (exact) mass is 293 g/mol. The van der Waals surface area contributed by atoms with Crippen molar-refractivity contribution < 1.29 is 9.47 Å². The van der Waals surface area contributed by atoms with Gasteiger partial charge in [-0.1, -0.05) is 11.6 Å². The predicted octanol–water partition coefficient (Wildman–Crippen LogP) is 2.20. The third kappa shape index (κ3) is 2.73. The summed E-state index contributed by atoms with van der Waals surface area (Å²) in [5.41, 5.74) is 0.277. The summed E-state index contributed by atoms with van der Waals surface area (Å²) in [5, 5.41) is 9.41. The molecule has 5 nitrogen and oxygen atoms in total. The molecular formula is C14H16ClN3O2. The van der Waals surface area contributed by atoms with Crippen molar-refractivity contribution in [3.63, 3.8) is 0 Å². The van der Waals surface area contributed by atoms with Crippen molar-refractivity contribution in [1.82, 2.24) is 4.98 Å². The van der Waals surface area contributed by atoms with Gasteiger partial charge in [0, 0.05) is 19.0 Å². The molecule has 0 spiro atoms. The molecule has 0 unspecified atom stereocenters. The number of halogens is 1. The van der Waals surface area contributed by atoms with Crippen LogP contribution in [0.3, 0.4) is 0 Å². The van der Waals surface area contributed by atoms with Crippen molar-refractivity contribution in [2.24, 2.45) is 5.92 Å². The highest BCUT2D eigenvalue weighted by molar-refractivity contribution is 6.31. The molecule has 0 N–H and O–H groups in total. The van der Waals surface area contributed by atoms with E-state index >= 15 is 0 Å². The molecule has 106 valence electrons. The topological polar surface area (TPSA) is 58.4 Å². The molecule has 3 heterocycles. The lowest BCUT2D eigenvalue weighted by Crippen LogP contribution is -2.41. The first kappa shape index (κ1) is 13.6. The van der Waals surface area contributed by atoms with Gasteiger partial charge in [-0.3, -0.25) is 0 Å². The average molecular weight is 294 g/mol. The van der Waals surface area contributed by atoms with Crippen molar-refractivity contribution in [3.05, 3.63) is 22.8 Å². The molecule has 3 rings (SSSR count). The van der Waals surface area contributed by atoms with Crippen LogP contribution in [0.15, 0.2) is 12.1 Å². The van der Waals surface area contributed by atoms with Gasteiger partial charge in [0.25, 0.3) is 0 Å². The Balaban J connectivity index is 1.74. The van der Waals surface area contributed by atoms with Crippen LogP contribution in [-0.2, 0) is 9.47 Å². The molecule has 20 heavy (non-hydrogen) atoms. The molecule has 2 aliphatic heterocycles. The maximum Gasteiger partial charge on any atom is 0.162 e. The molecule has 6 heteroatoms. The van der Waals surface area contributed by atoms with E-state index in [0.717, 1.165) is 31.7 Å². The van der Waals surface area contributed by atoms with Crippen LogP contribution in [0.1, 0.15) is 18.5 Å². The van der Waals surface area contributed by atoms with Crippen LogP contribution in [0.4, 0.5) is 5.82 Å². The van der Waals surface area contributed by atoms with Crippen LogP contribution in [0.5, 0.6) is 0 Å². The summed E-state index contributed by atoms with van der Waals surface area (Å²) in [6.45, 7) is 3.13. The van der Waals surface area contributed by atoms with E-state index in [-0.39, 0.29) is 12.0 Å². The zero-order valence-corrected chi connectivity index (χ0v) is 11.8. The van der Waals surface area contributed by atoms with Crippen molar-refractivity contribution in [3.8, 4) is 6.07 Å². The van der Waals surface area contributed by atoms with E-state index in [0.29, 0.717) is 24.2 Å². The fourth-order valence-corrected chi connectivity index (χ4v) is 2.92. The zero-order valence-electron chi connectivity index (χ0n) is 11.1. The molecule has 1 aromatic rings. The molecule has 0 saturated carbocycles. The Kier molecular flexibility index (Phi) is 4.06. The summed E-state index contributed by atoms with van der Waals surface area (Å²) in [5.74, 6) is 1.16. The molecular weight excluding hydrogens is 278 g/mol. The second kappa shape index (κ2) is 5.96. The Hall–Kier alpha value is -1.35. The lowest BCUT2D eigenvalue weighted by atomic mass is 9.97. The van der Waals surface area contributed by atoms with Crippen molar-refractivity contribution in [2.45, 2.75) is 19.1 Å². The molecule has 1 aromatic heterocycles. The zero-order chi connectivity index (χ0) is 13.9. The molecule has 2 saturated heterocycles. The first-order valence-corrected chi connectivity index (χ1v) is 7.20. The number of piperidine rings is 1. The second-order valence-corrected chi connectivity index (χ2v) is 5.48. The van der Waals surface area contributed by atoms with E-state index in [1.165, 1.54) is 0 Å². The van der Waals surface area contributed by atoms with Gasteiger partial charge in [-0.2, -0.15) is 5.26 Å². The summed E-state index contributed by atoms with van der Waals surface area (Å²) in [6, 6.07) is 5.62. The van der Waals surface area contributed by atoms with Gasteiger partial charge in [-0.15, -0.1) is 0 Å². The third-order valence-corrected chi connectivity index (χ3v) is 4.06. The number of anilines is 1. The Morgan fingerprint density at radius 2 is 2.15 bits per heavy atom. The van der Waals surface area contributed by atoms with Crippen molar-refractivity contribution in [2.75, 3.05) is 31.2 Å². The van der Waals surface area contributed by atoms with Crippen LogP contribution in [0.25, 0.3) is 0 Å². The highest BCUT2D eigenvalue weighted by atomic mass is 35.5. The smallest absolute Gasteiger partial charge is 0.162 e. The van der Waals surface area contributed by atoms with Gasteiger partial charge in [-0.25, -0.2) is 4.98 Å². The summed E-state index contributed by atoms with van der Waals surface area (Å²) < 4.78 is 11.2. The normalized spacial score (nSPS) is 23.8. The summed E-state index contributed by atoms with van der Waals surface area (Å²) in [4.78, 5) is 6.50. The van der Waals surface area contributed by atoms with Gasteiger partial charge in [0.1, 0.15) is 11.9 Å². The van der Waals surface area contributed by atoms with E-state index < -0.39 is 0 Å². The van der Waals surface area contributed by atoms with Crippen molar-refractivity contribution in [1.29, 1.82) is 5.26 Å². The third-order valence-electron chi connectivity index (χ3n) is 3.75. The van der Waals surface area contributed by atoms with E-state index in [1.807, 2.05) is 12.1 Å². The molecule has 1 atom stereocenters. The minimum absolute atomic E-state index is 0.0967. The quantitative estimate of drug-likeness (QED) is 0.836. The standard InChI is InChI=1S/C14H16ClN3O2/c15-11-3-4-13(17-12(11)8-16)18-5-1-2-10(9-18)14-19-6-7-20-14/h3-4,10,14H,1-2,5-7,9H2/t10-/m1/s1. The fraction of sp³-hybridized carbons (Fsp3) is 0.571. The number of hydrogen-bond acceptors (Lipinski definition) is 5. The number of hydrogen-bond donors (Lipinski definition) is 0. The van der Waals surface area contributed by atoms with Crippen LogP contribution in [-0.4, -0.2) is 37.6 Å². The van der Waals surface area contributed by atoms with Gasteiger partial charge >= 0.3 is 0 Å². The number of aromatic nitrogens is 1. The minimum Gasteiger partial charge on any atom is -0.356 e.